The average molecular weight is 217 g/mol. The van der Waals surface area contributed by atoms with Gasteiger partial charge < -0.3 is 14.6 Å². The molecule has 1 atom stereocenters. The van der Waals surface area contributed by atoms with Crippen molar-refractivity contribution in [2.45, 2.75) is 32.5 Å². The van der Waals surface area contributed by atoms with Crippen LogP contribution in [0.5, 0.6) is 0 Å². The van der Waals surface area contributed by atoms with E-state index < -0.39 is 0 Å². The highest BCUT2D eigenvalue weighted by Gasteiger charge is 2.13. The normalized spacial score (nSPS) is 22.2. The van der Waals surface area contributed by atoms with Crippen LogP contribution >= 0.6 is 0 Å². The Bertz CT molecular complexity index is 144. The Kier molecular flexibility index (Phi) is 6.92. The maximum atomic E-state index is 8.81. The molecule has 1 aliphatic heterocycles. The standard InChI is InChI=1S/C11H23NO3/c1-2-12(6-8-13)7-10-15-11-5-3-4-9-14-11/h11,13H,2-10H2,1H3. The average Bonchev–Trinajstić information content (AvgIpc) is 2.29. The van der Waals surface area contributed by atoms with Gasteiger partial charge in [0.15, 0.2) is 6.29 Å². The zero-order valence-corrected chi connectivity index (χ0v) is 9.65. The van der Waals surface area contributed by atoms with Gasteiger partial charge in [0.1, 0.15) is 0 Å². The summed E-state index contributed by atoms with van der Waals surface area (Å²) < 4.78 is 11.1. The van der Waals surface area contributed by atoms with E-state index in [-0.39, 0.29) is 12.9 Å². The number of nitrogens with zero attached hydrogens (tertiary/aromatic N) is 1. The van der Waals surface area contributed by atoms with E-state index >= 15 is 0 Å². The highest BCUT2D eigenvalue weighted by molar-refractivity contribution is 4.57. The lowest BCUT2D eigenvalue weighted by atomic mass is 10.2. The van der Waals surface area contributed by atoms with Gasteiger partial charge >= 0.3 is 0 Å². The Morgan fingerprint density at radius 2 is 2.27 bits per heavy atom. The fraction of sp³-hybridized carbons (Fsp3) is 1.00. The highest BCUT2D eigenvalue weighted by atomic mass is 16.7. The molecular formula is C11H23NO3. The van der Waals surface area contributed by atoms with E-state index in [1.807, 2.05) is 0 Å². The summed E-state index contributed by atoms with van der Waals surface area (Å²) in [4.78, 5) is 2.17. The Hall–Kier alpha value is -0.160. The Labute approximate surface area is 92.2 Å². The second kappa shape index (κ2) is 8.05. The molecule has 1 N–H and O–H groups in total. The summed E-state index contributed by atoms with van der Waals surface area (Å²) in [6.07, 6.45) is 3.39. The molecule has 0 bridgehead atoms. The molecule has 1 heterocycles. The zero-order chi connectivity index (χ0) is 10.9. The Balaban J connectivity index is 2.03. The summed E-state index contributed by atoms with van der Waals surface area (Å²) in [6, 6.07) is 0. The smallest absolute Gasteiger partial charge is 0.157 e. The number of hydrogen-bond donors (Lipinski definition) is 1. The van der Waals surface area contributed by atoms with Crippen molar-refractivity contribution < 1.29 is 14.6 Å². The number of aliphatic hydroxyl groups excluding tert-OH is 1. The summed E-state index contributed by atoms with van der Waals surface area (Å²) in [7, 11) is 0. The molecule has 1 rings (SSSR count). The van der Waals surface area contributed by atoms with Gasteiger partial charge in [-0.25, -0.2) is 0 Å². The minimum atomic E-state index is 0.00610. The minimum absolute atomic E-state index is 0.00610. The Morgan fingerprint density at radius 3 is 2.87 bits per heavy atom. The first-order chi connectivity index (χ1) is 7.36. The third kappa shape index (κ3) is 5.47. The molecule has 0 radical (unpaired) electrons. The molecule has 0 aliphatic carbocycles. The monoisotopic (exact) mass is 217 g/mol. The summed E-state index contributed by atoms with van der Waals surface area (Å²) in [5, 5.41) is 8.81. The van der Waals surface area contributed by atoms with Crippen LogP contribution in [0.15, 0.2) is 0 Å². The van der Waals surface area contributed by atoms with E-state index in [9.17, 15) is 0 Å². The summed E-state index contributed by atoms with van der Waals surface area (Å²) in [5.41, 5.74) is 0. The second-order valence-electron chi connectivity index (χ2n) is 3.82. The van der Waals surface area contributed by atoms with E-state index in [0.29, 0.717) is 6.61 Å². The molecular weight excluding hydrogens is 194 g/mol. The van der Waals surface area contributed by atoms with Crippen molar-refractivity contribution in [3.8, 4) is 0 Å². The molecule has 0 aromatic carbocycles. The predicted molar refractivity (Wildman–Crippen MR) is 58.7 cm³/mol. The quantitative estimate of drug-likeness (QED) is 0.686. The van der Waals surface area contributed by atoms with Crippen molar-refractivity contribution in [2.75, 3.05) is 39.5 Å². The SMILES string of the molecule is CCN(CCO)CCOC1CCCCO1. The zero-order valence-electron chi connectivity index (χ0n) is 9.65. The summed E-state index contributed by atoms with van der Waals surface area (Å²) in [6.45, 7) is 6.38. The van der Waals surface area contributed by atoms with Gasteiger partial charge in [-0.2, -0.15) is 0 Å². The minimum Gasteiger partial charge on any atom is -0.395 e. The van der Waals surface area contributed by atoms with Crippen LogP contribution < -0.4 is 0 Å². The highest BCUT2D eigenvalue weighted by Crippen LogP contribution is 2.13. The molecule has 0 aromatic heterocycles. The van der Waals surface area contributed by atoms with Crippen molar-refractivity contribution in [2.24, 2.45) is 0 Å². The molecule has 1 aliphatic rings. The number of ether oxygens (including phenoxy) is 2. The van der Waals surface area contributed by atoms with Gasteiger partial charge in [-0.15, -0.1) is 0 Å². The van der Waals surface area contributed by atoms with Gasteiger partial charge in [-0.1, -0.05) is 6.92 Å². The predicted octanol–water partition coefficient (Wildman–Crippen LogP) is 0.844. The maximum Gasteiger partial charge on any atom is 0.157 e. The van der Waals surface area contributed by atoms with Crippen LogP contribution in [-0.2, 0) is 9.47 Å². The molecule has 15 heavy (non-hydrogen) atoms. The lowest BCUT2D eigenvalue weighted by Gasteiger charge is -2.25. The Morgan fingerprint density at radius 1 is 1.40 bits per heavy atom. The molecule has 1 unspecified atom stereocenters. The first-order valence-electron chi connectivity index (χ1n) is 5.93. The fourth-order valence-electron chi connectivity index (χ4n) is 1.73. The van der Waals surface area contributed by atoms with E-state index in [0.717, 1.165) is 39.1 Å². The van der Waals surface area contributed by atoms with Crippen molar-refractivity contribution in [3.63, 3.8) is 0 Å². The van der Waals surface area contributed by atoms with Gasteiger partial charge in [0.25, 0.3) is 0 Å². The van der Waals surface area contributed by atoms with Crippen molar-refractivity contribution >= 4 is 0 Å². The van der Waals surface area contributed by atoms with Crippen LogP contribution in [0, 0.1) is 0 Å². The van der Waals surface area contributed by atoms with Crippen LogP contribution in [0.2, 0.25) is 0 Å². The number of rotatable bonds is 7. The van der Waals surface area contributed by atoms with Crippen LogP contribution in [-0.4, -0.2) is 55.8 Å². The number of hydrogen-bond acceptors (Lipinski definition) is 4. The van der Waals surface area contributed by atoms with Gasteiger partial charge in [0, 0.05) is 19.7 Å². The topological polar surface area (TPSA) is 41.9 Å². The first-order valence-corrected chi connectivity index (χ1v) is 5.93. The van der Waals surface area contributed by atoms with Crippen molar-refractivity contribution in [1.82, 2.24) is 4.90 Å². The van der Waals surface area contributed by atoms with Crippen molar-refractivity contribution in [3.05, 3.63) is 0 Å². The van der Waals surface area contributed by atoms with E-state index in [1.165, 1.54) is 6.42 Å². The van der Waals surface area contributed by atoms with E-state index in [1.54, 1.807) is 0 Å². The summed E-state index contributed by atoms with van der Waals surface area (Å²) >= 11 is 0. The second-order valence-corrected chi connectivity index (χ2v) is 3.82. The summed E-state index contributed by atoms with van der Waals surface area (Å²) in [5.74, 6) is 0. The third-order valence-corrected chi connectivity index (χ3v) is 2.71. The molecule has 1 fully saturated rings. The lowest BCUT2D eigenvalue weighted by molar-refractivity contribution is -0.164. The van der Waals surface area contributed by atoms with Crippen LogP contribution in [0.4, 0.5) is 0 Å². The van der Waals surface area contributed by atoms with Crippen molar-refractivity contribution in [1.29, 1.82) is 0 Å². The molecule has 4 nitrogen and oxygen atoms in total. The molecule has 0 spiro atoms. The van der Waals surface area contributed by atoms with Gasteiger partial charge in [-0.3, -0.25) is 4.90 Å². The van der Waals surface area contributed by atoms with Gasteiger partial charge in [0.05, 0.1) is 13.2 Å². The number of aliphatic hydroxyl groups is 1. The van der Waals surface area contributed by atoms with E-state index in [2.05, 4.69) is 11.8 Å². The molecule has 0 aromatic rings. The van der Waals surface area contributed by atoms with E-state index in [4.69, 9.17) is 14.6 Å². The van der Waals surface area contributed by atoms with Crippen LogP contribution in [0.25, 0.3) is 0 Å². The largest absolute Gasteiger partial charge is 0.395 e. The van der Waals surface area contributed by atoms with Crippen LogP contribution in [0.3, 0.4) is 0 Å². The third-order valence-electron chi connectivity index (χ3n) is 2.71. The molecule has 90 valence electrons. The maximum absolute atomic E-state index is 8.81. The van der Waals surface area contributed by atoms with Crippen LogP contribution in [0.1, 0.15) is 26.2 Å². The molecule has 0 amide bonds. The lowest BCUT2D eigenvalue weighted by Crippen LogP contribution is -2.32. The molecule has 1 saturated heterocycles. The fourth-order valence-corrected chi connectivity index (χ4v) is 1.73. The molecule has 0 saturated carbocycles. The van der Waals surface area contributed by atoms with Gasteiger partial charge in [0.2, 0.25) is 0 Å². The van der Waals surface area contributed by atoms with Gasteiger partial charge in [-0.05, 0) is 25.8 Å². The molecule has 4 heteroatoms. The first kappa shape index (κ1) is 12.9. The number of likely N-dealkylation sites (N-methyl/N-ethyl adjacent to an activating group) is 1.